The van der Waals surface area contributed by atoms with Gasteiger partial charge in [0.25, 0.3) is 0 Å². The first-order valence-electron chi connectivity index (χ1n) is 10.6. The third-order valence-electron chi connectivity index (χ3n) is 6.81. The quantitative estimate of drug-likeness (QED) is 0.739. The Kier molecular flexibility index (Phi) is 5.28. The molecule has 1 aliphatic carbocycles. The van der Waals surface area contributed by atoms with Crippen LogP contribution in [0, 0.1) is 18.8 Å². The topological polar surface area (TPSA) is 68.2 Å². The highest BCUT2D eigenvalue weighted by molar-refractivity contribution is 7.89. The van der Waals surface area contributed by atoms with Crippen molar-refractivity contribution in [2.45, 2.75) is 89.2 Å². The van der Waals surface area contributed by atoms with Gasteiger partial charge in [0.1, 0.15) is 0 Å². The molecular weight excluding hydrogens is 388 g/mol. The molecule has 1 saturated heterocycles. The lowest BCUT2D eigenvalue weighted by molar-refractivity contribution is -0.233. The van der Waals surface area contributed by atoms with Crippen molar-refractivity contribution in [1.29, 1.82) is 0 Å². The molecule has 7 heteroatoms. The van der Waals surface area contributed by atoms with Gasteiger partial charge in [-0.25, -0.2) is 8.42 Å². The van der Waals surface area contributed by atoms with Crippen LogP contribution in [0.2, 0.25) is 0 Å². The van der Waals surface area contributed by atoms with E-state index >= 15 is 0 Å². The summed E-state index contributed by atoms with van der Waals surface area (Å²) in [5.74, 6) is 0.731. The standard InChI is InChI=1S/C22H32N2O4S/c1-14-6-9-17(10-7-14)29(25,26)24-21(20-13-16(3)23-28-20)27-19-12-15(2)8-11-18(19)22(24,4)5/h6-7,9-10,15,18-21H,8,11-13H2,1-5H3/t15-,18+,19+,20-,21+/m1/s1. The van der Waals surface area contributed by atoms with E-state index in [4.69, 9.17) is 9.57 Å². The highest BCUT2D eigenvalue weighted by Crippen LogP contribution is 2.48. The lowest BCUT2D eigenvalue weighted by atomic mass is 9.70. The molecule has 1 aromatic rings. The molecule has 0 spiro atoms. The first-order valence-corrected chi connectivity index (χ1v) is 12.0. The monoisotopic (exact) mass is 420 g/mol. The highest BCUT2D eigenvalue weighted by Gasteiger charge is 2.57. The molecule has 0 bridgehead atoms. The maximum atomic E-state index is 13.9. The van der Waals surface area contributed by atoms with E-state index in [0.717, 1.165) is 30.5 Å². The van der Waals surface area contributed by atoms with Crippen molar-refractivity contribution < 1.29 is 18.0 Å². The Morgan fingerprint density at radius 3 is 2.41 bits per heavy atom. The summed E-state index contributed by atoms with van der Waals surface area (Å²) >= 11 is 0. The minimum absolute atomic E-state index is 0.0349. The van der Waals surface area contributed by atoms with Gasteiger partial charge in [0.05, 0.1) is 16.7 Å². The SMILES string of the molecule is CC1=NO[C@@H]([C@@H]2O[C@H]3C[C@H](C)CC[C@@H]3C(C)(C)N2S(=O)(=O)c2ccc(C)cc2)C1. The Labute approximate surface area is 174 Å². The van der Waals surface area contributed by atoms with Gasteiger partial charge in [-0.3, -0.25) is 0 Å². The Hall–Kier alpha value is -1.44. The molecule has 4 rings (SSSR count). The smallest absolute Gasteiger partial charge is 0.245 e. The number of aryl methyl sites for hydroxylation is 1. The van der Waals surface area contributed by atoms with Crippen molar-refractivity contribution in [2.75, 3.05) is 0 Å². The Morgan fingerprint density at radius 1 is 1.10 bits per heavy atom. The van der Waals surface area contributed by atoms with Crippen LogP contribution in [-0.4, -0.2) is 42.4 Å². The summed E-state index contributed by atoms with van der Waals surface area (Å²) in [5.41, 5.74) is 1.31. The first-order chi connectivity index (χ1) is 13.6. The molecule has 5 atom stereocenters. The Morgan fingerprint density at radius 2 is 1.79 bits per heavy atom. The summed E-state index contributed by atoms with van der Waals surface area (Å²) in [4.78, 5) is 5.94. The van der Waals surface area contributed by atoms with Gasteiger partial charge in [-0.05, 0) is 58.6 Å². The van der Waals surface area contributed by atoms with E-state index in [-0.39, 0.29) is 12.0 Å². The van der Waals surface area contributed by atoms with Crippen LogP contribution >= 0.6 is 0 Å². The van der Waals surface area contributed by atoms with E-state index in [0.29, 0.717) is 17.2 Å². The molecule has 0 amide bonds. The van der Waals surface area contributed by atoms with Gasteiger partial charge in [0, 0.05) is 17.9 Å². The maximum absolute atomic E-state index is 13.9. The number of fused-ring (bicyclic) bond motifs is 1. The van der Waals surface area contributed by atoms with Gasteiger partial charge < -0.3 is 9.57 Å². The maximum Gasteiger partial charge on any atom is 0.245 e. The van der Waals surface area contributed by atoms with E-state index in [1.54, 1.807) is 16.4 Å². The number of hydrogen-bond acceptors (Lipinski definition) is 5. The predicted octanol–water partition coefficient (Wildman–Crippen LogP) is 4.09. The number of rotatable bonds is 3. The van der Waals surface area contributed by atoms with Crippen molar-refractivity contribution in [3.05, 3.63) is 29.8 Å². The summed E-state index contributed by atoms with van der Waals surface area (Å²) in [6.45, 7) is 10.2. The zero-order chi connectivity index (χ0) is 21.0. The Bertz CT molecular complexity index is 894. The molecule has 160 valence electrons. The van der Waals surface area contributed by atoms with E-state index in [9.17, 15) is 8.42 Å². The third-order valence-corrected chi connectivity index (χ3v) is 8.88. The largest absolute Gasteiger partial charge is 0.388 e. The fourth-order valence-corrected chi connectivity index (χ4v) is 7.12. The lowest BCUT2D eigenvalue weighted by Gasteiger charge is -2.56. The number of hydrogen-bond donors (Lipinski definition) is 0. The minimum atomic E-state index is -3.78. The molecule has 0 unspecified atom stereocenters. The number of benzene rings is 1. The van der Waals surface area contributed by atoms with Gasteiger partial charge in [0.15, 0.2) is 12.3 Å². The predicted molar refractivity (Wildman–Crippen MR) is 112 cm³/mol. The van der Waals surface area contributed by atoms with E-state index < -0.39 is 27.9 Å². The summed E-state index contributed by atoms with van der Waals surface area (Å²) in [6, 6.07) is 7.04. The second-order valence-corrected chi connectivity index (χ2v) is 11.3. The summed E-state index contributed by atoms with van der Waals surface area (Å²) < 4.78 is 35.8. The molecule has 0 radical (unpaired) electrons. The lowest BCUT2D eigenvalue weighted by Crippen LogP contribution is -2.68. The molecule has 29 heavy (non-hydrogen) atoms. The van der Waals surface area contributed by atoms with Crippen molar-refractivity contribution >= 4 is 15.7 Å². The molecule has 2 heterocycles. The van der Waals surface area contributed by atoms with Crippen LogP contribution in [0.15, 0.2) is 34.3 Å². The molecule has 2 fully saturated rings. The number of oxime groups is 1. The normalized spacial score (nSPS) is 34.9. The van der Waals surface area contributed by atoms with Crippen LogP contribution in [0.25, 0.3) is 0 Å². The second-order valence-electron chi connectivity index (χ2n) is 9.53. The van der Waals surface area contributed by atoms with Gasteiger partial charge in [-0.2, -0.15) is 4.31 Å². The molecule has 1 aromatic carbocycles. The average Bonchev–Trinajstić information content (AvgIpc) is 3.07. The molecular formula is C22H32N2O4S. The van der Waals surface area contributed by atoms with Crippen LogP contribution in [0.5, 0.6) is 0 Å². The first kappa shape index (κ1) is 20.8. The van der Waals surface area contributed by atoms with Crippen LogP contribution in [0.4, 0.5) is 0 Å². The molecule has 0 N–H and O–H groups in total. The summed E-state index contributed by atoms with van der Waals surface area (Å²) in [7, 11) is -3.78. The van der Waals surface area contributed by atoms with E-state index in [2.05, 4.69) is 12.1 Å². The molecule has 3 aliphatic rings. The second kappa shape index (κ2) is 7.36. The highest BCUT2D eigenvalue weighted by atomic mass is 32.2. The zero-order valence-corrected chi connectivity index (χ0v) is 18.8. The van der Waals surface area contributed by atoms with E-state index in [1.165, 1.54) is 0 Å². The van der Waals surface area contributed by atoms with Crippen LogP contribution in [0.3, 0.4) is 0 Å². The van der Waals surface area contributed by atoms with Gasteiger partial charge in [0.2, 0.25) is 10.0 Å². The fourth-order valence-electron chi connectivity index (χ4n) is 5.20. The van der Waals surface area contributed by atoms with Crippen LogP contribution < -0.4 is 0 Å². The van der Waals surface area contributed by atoms with Crippen molar-refractivity contribution in [3.63, 3.8) is 0 Å². The third kappa shape index (κ3) is 3.62. The van der Waals surface area contributed by atoms with E-state index in [1.807, 2.05) is 39.8 Å². The molecule has 6 nitrogen and oxygen atoms in total. The molecule has 0 aromatic heterocycles. The minimum Gasteiger partial charge on any atom is -0.388 e. The Balaban J connectivity index is 1.77. The zero-order valence-electron chi connectivity index (χ0n) is 18.0. The summed E-state index contributed by atoms with van der Waals surface area (Å²) in [5, 5.41) is 4.08. The molecule has 1 saturated carbocycles. The average molecular weight is 421 g/mol. The number of nitrogens with zero attached hydrogens (tertiary/aromatic N) is 2. The molecule has 2 aliphatic heterocycles. The van der Waals surface area contributed by atoms with Crippen molar-refractivity contribution in [3.8, 4) is 0 Å². The van der Waals surface area contributed by atoms with Crippen LogP contribution in [0.1, 0.15) is 58.9 Å². The van der Waals surface area contributed by atoms with Crippen molar-refractivity contribution in [1.82, 2.24) is 4.31 Å². The summed E-state index contributed by atoms with van der Waals surface area (Å²) in [6.07, 6.45) is 2.51. The van der Waals surface area contributed by atoms with Gasteiger partial charge in [-0.1, -0.05) is 36.2 Å². The van der Waals surface area contributed by atoms with Crippen LogP contribution in [-0.2, 0) is 19.6 Å². The van der Waals surface area contributed by atoms with Crippen molar-refractivity contribution in [2.24, 2.45) is 17.0 Å². The van der Waals surface area contributed by atoms with Gasteiger partial charge in [-0.15, -0.1) is 0 Å². The fraction of sp³-hybridized carbons (Fsp3) is 0.682. The number of sulfonamides is 1. The number of ether oxygens (including phenoxy) is 1. The van der Waals surface area contributed by atoms with Gasteiger partial charge >= 0.3 is 0 Å².